The van der Waals surface area contributed by atoms with Crippen LogP contribution >= 0.6 is 23.4 Å². The van der Waals surface area contributed by atoms with Crippen LogP contribution in [0.25, 0.3) is 0 Å². The lowest BCUT2D eigenvalue weighted by Gasteiger charge is -2.23. The quantitative estimate of drug-likeness (QED) is 0.458. The summed E-state index contributed by atoms with van der Waals surface area (Å²) in [7, 11) is 0. The molecule has 0 aliphatic carbocycles. The van der Waals surface area contributed by atoms with Gasteiger partial charge in [-0.05, 0) is 47.5 Å². The standard InChI is InChI=1S/C26H19ClF2N4O2S/c27-17-5-3-4-16(12-17)22-13-21(15-8-10-18(28)11-9-15)32-33(22)26-31-25(35)23(36-26)14-24(34)30-20-7-2-1-6-19(20)29/h1-12,22-23H,13-14H2,(H,30,34)/t22-,23+/m0/s1. The number of aliphatic imine (C=N–C) groups is 1. The molecule has 10 heteroatoms. The third-order valence-electron chi connectivity index (χ3n) is 5.76. The Kier molecular flexibility index (Phi) is 6.84. The van der Waals surface area contributed by atoms with Gasteiger partial charge in [0, 0.05) is 17.9 Å². The summed E-state index contributed by atoms with van der Waals surface area (Å²) in [6.07, 6.45) is 0.313. The lowest BCUT2D eigenvalue weighted by atomic mass is 9.98. The summed E-state index contributed by atoms with van der Waals surface area (Å²) in [6.45, 7) is 0. The van der Waals surface area contributed by atoms with E-state index >= 15 is 0 Å². The topological polar surface area (TPSA) is 74.1 Å². The number of hydrogen-bond acceptors (Lipinski definition) is 5. The molecule has 3 aromatic rings. The van der Waals surface area contributed by atoms with Gasteiger partial charge in [-0.2, -0.15) is 10.1 Å². The average Bonchev–Trinajstić information content (AvgIpc) is 3.45. The van der Waals surface area contributed by atoms with E-state index in [4.69, 9.17) is 16.7 Å². The van der Waals surface area contributed by atoms with E-state index in [9.17, 15) is 18.4 Å². The van der Waals surface area contributed by atoms with Crippen molar-refractivity contribution in [3.05, 3.63) is 101 Å². The summed E-state index contributed by atoms with van der Waals surface area (Å²) in [5.74, 6) is -1.87. The van der Waals surface area contributed by atoms with Gasteiger partial charge in [0.2, 0.25) is 5.91 Å². The lowest BCUT2D eigenvalue weighted by Crippen LogP contribution is -2.25. The van der Waals surface area contributed by atoms with Gasteiger partial charge in [0.25, 0.3) is 5.91 Å². The smallest absolute Gasteiger partial charge is 0.262 e. The molecule has 2 aliphatic rings. The summed E-state index contributed by atoms with van der Waals surface area (Å²) < 4.78 is 27.3. The van der Waals surface area contributed by atoms with Crippen LogP contribution in [-0.4, -0.2) is 33.0 Å². The second-order valence-corrected chi connectivity index (χ2v) is 9.85. The number of para-hydroxylation sites is 1. The Morgan fingerprint density at radius 1 is 1.08 bits per heavy atom. The fourth-order valence-electron chi connectivity index (χ4n) is 4.01. The van der Waals surface area contributed by atoms with Crippen LogP contribution < -0.4 is 5.32 Å². The minimum absolute atomic E-state index is 0.0493. The zero-order valence-electron chi connectivity index (χ0n) is 18.7. The summed E-state index contributed by atoms with van der Waals surface area (Å²) in [5, 5.41) is 9.01. The van der Waals surface area contributed by atoms with Crippen molar-refractivity contribution in [2.24, 2.45) is 10.1 Å². The zero-order valence-corrected chi connectivity index (χ0v) is 20.3. The number of nitrogens with one attached hydrogen (secondary N) is 1. The van der Waals surface area contributed by atoms with Gasteiger partial charge in [0.05, 0.1) is 17.4 Å². The number of anilines is 1. The third-order valence-corrected chi connectivity index (χ3v) is 7.14. The Bertz CT molecular complexity index is 1400. The normalized spacial score (nSPS) is 19.3. The first-order valence-corrected chi connectivity index (χ1v) is 12.3. The van der Waals surface area contributed by atoms with E-state index in [1.54, 1.807) is 29.3 Å². The number of carbonyl (C=O) groups excluding carboxylic acids is 2. The van der Waals surface area contributed by atoms with E-state index in [1.807, 2.05) is 18.2 Å². The van der Waals surface area contributed by atoms with Crippen molar-refractivity contribution in [2.75, 3.05) is 5.32 Å². The van der Waals surface area contributed by atoms with Crippen LogP contribution in [0, 0.1) is 11.6 Å². The van der Waals surface area contributed by atoms with Crippen LogP contribution in [0.15, 0.2) is 82.9 Å². The van der Waals surface area contributed by atoms with Crippen LogP contribution in [-0.2, 0) is 9.59 Å². The second-order valence-electron chi connectivity index (χ2n) is 8.24. The summed E-state index contributed by atoms with van der Waals surface area (Å²) in [4.78, 5) is 29.4. The first-order valence-electron chi connectivity index (χ1n) is 11.1. The Labute approximate surface area is 215 Å². The number of amides is 2. The first kappa shape index (κ1) is 24.1. The summed E-state index contributed by atoms with van der Waals surface area (Å²) >= 11 is 7.36. The molecule has 1 N–H and O–H groups in total. The summed E-state index contributed by atoms with van der Waals surface area (Å²) in [5.41, 5.74) is 2.38. The molecule has 6 nitrogen and oxygen atoms in total. The highest BCUT2D eigenvalue weighted by molar-refractivity contribution is 8.15. The minimum Gasteiger partial charge on any atom is -0.324 e. The molecule has 182 valence electrons. The van der Waals surface area contributed by atoms with Gasteiger partial charge in [-0.3, -0.25) is 9.59 Å². The number of halogens is 3. The second kappa shape index (κ2) is 10.2. The molecule has 0 aromatic heterocycles. The molecule has 0 radical (unpaired) electrons. The van der Waals surface area contributed by atoms with E-state index in [2.05, 4.69) is 10.3 Å². The highest BCUT2D eigenvalue weighted by Gasteiger charge is 2.39. The average molecular weight is 525 g/mol. The van der Waals surface area contributed by atoms with Crippen molar-refractivity contribution in [3.8, 4) is 0 Å². The van der Waals surface area contributed by atoms with Gasteiger partial charge in [-0.1, -0.05) is 59.8 Å². The number of rotatable bonds is 5. The molecular formula is C26H19ClF2N4O2S. The number of carbonyl (C=O) groups is 2. The number of benzene rings is 3. The van der Waals surface area contributed by atoms with Gasteiger partial charge in [-0.25, -0.2) is 13.8 Å². The molecule has 0 unspecified atom stereocenters. The van der Waals surface area contributed by atoms with E-state index < -0.39 is 22.9 Å². The zero-order chi connectivity index (χ0) is 25.2. The van der Waals surface area contributed by atoms with E-state index in [0.717, 1.165) is 22.9 Å². The SMILES string of the molecule is O=C(C[C@H]1SC(N2N=C(c3ccc(F)cc3)C[C@H]2c2cccc(Cl)c2)=NC1=O)Nc1ccccc1F. The van der Waals surface area contributed by atoms with Crippen LogP contribution in [0.3, 0.4) is 0 Å². The van der Waals surface area contributed by atoms with Crippen molar-refractivity contribution in [3.63, 3.8) is 0 Å². The monoisotopic (exact) mass is 524 g/mol. The Hall–Kier alpha value is -3.56. The summed E-state index contributed by atoms with van der Waals surface area (Å²) in [6, 6.07) is 18.9. The van der Waals surface area contributed by atoms with Gasteiger partial charge >= 0.3 is 0 Å². The van der Waals surface area contributed by atoms with E-state index in [0.29, 0.717) is 22.3 Å². The van der Waals surface area contributed by atoms with Crippen molar-refractivity contribution in [1.82, 2.24) is 5.01 Å². The number of hydrogen-bond donors (Lipinski definition) is 1. The number of thioether (sulfide) groups is 1. The van der Waals surface area contributed by atoms with Gasteiger partial charge in [0.1, 0.15) is 16.9 Å². The maximum Gasteiger partial charge on any atom is 0.262 e. The van der Waals surface area contributed by atoms with Gasteiger partial charge < -0.3 is 5.32 Å². The molecule has 2 atom stereocenters. The number of nitrogens with zero attached hydrogens (tertiary/aromatic N) is 3. The predicted molar refractivity (Wildman–Crippen MR) is 137 cm³/mol. The molecule has 0 bridgehead atoms. The Morgan fingerprint density at radius 3 is 2.61 bits per heavy atom. The number of hydrazone groups is 1. The maximum atomic E-state index is 13.9. The van der Waals surface area contributed by atoms with Crippen LogP contribution in [0.1, 0.15) is 30.0 Å². The molecule has 2 amide bonds. The van der Waals surface area contributed by atoms with E-state index in [1.165, 1.54) is 30.3 Å². The highest BCUT2D eigenvalue weighted by atomic mass is 35.5. The van der Waals surface area contributed by atoms with Crippen LogP contribution in [0.4, 0.5) is 14.5 Å². The van der Waals surface area contributed by atoms with Crippen molar-refractivity contribution in [2.45, 2.75) is 24.1 Å². The van der Waals surface area contributed by atoms with Crippen molar-refractivity contribution >= 4 is 51.7 Å². The van der Waals surface area contributed by atoms with Crippen LogP contribution in [0.2, 0.25) is 5.02 Å². The van der Waals surface area contributed by atoms with Crippen molar-refractivity contribution < 1.29 is 18.4 Å². The molecule has 3 aromatic carbocycles. The van der Waals surface area contributed by atoms with Gasteiger partial charge in [-0.15, -0.1) is 0 Å². The molecule has 0 fully saturated rings. The minimum atomic E-state index is -0.767. The Morgan fingerprint density at radius 2 is 1.86 bits per heavy atom. The molecule has 2 aliphatic heterocycles. The Balaban J connectivity index is 1.36. The first-order chi connectivity index (χ1) is 17.4. The molecule has 5 rings (SSSR count). The molecule has 0 saturated heterocycles. The largest absolute Gasteiger partial charge is 0.324 e. The molecule has 36 heavy (non-hydrogen) atoms. The third kappa shape index (κ3) is 5.17. The molecule has 0 saturated carbocycles. The van der Waals surface area contributed by atoms with Gasteiger partial charge in [0.15, 0.2) is 5.17 Å². The molecular weight excluding hydrogens is 506 g/mol. The molecule has 2 heterocycles. The fourth-order valence-corrected chi connectivity index (χ4v) is 5.27. The van der Waals surface area contributed by atoms with Crippen molar-refractivity contribution in [1.29, 1.82) is 0 Å². The number of amidine groups is 1. The van der Waals surface area contributed by atoms with E-state index in [-0.39, 0.29) is 24.0 Å². The lowest BCUT2D eigenvalue weighted by molar-refractivity contribution is -0.121. The van der Waals surface area contributed by atoms with Crippen LogP contribution in [0.5, 0.6) is 0 Å². The fraction of sp³-hybridized carbons (Fsp3) is 0.154. The predicted octanol–water partition coefficient (Wildman–Crippen LogP) is 5.80. The molecule has 0 spiro atoms. The highest BCUT2D eigenvalue weighted by Crippen LogP contribution is 2.39. The maximum absolute atomic E-state index is 13.9.